The summed E-state index contributed by atoms with van der Waals surface area (Å²) in [5.41, 5.74) is -0.586. The molecule has 14 heteroatoms. The number of Topliss-reactive ketones (excluding diaryl/α,β-unsaturated/α-hetero) is 7. The van der Waals surface area contributed by atoms with E-state index in [9.17, 15) is 33.6 Å². The molecule has 7 radical (unpaired) electrons. The van der Waals surface area contributed by atoms with Crippen molar-refractivity contribution in [2.24, 2.45) is 39.4 Å². The van der Waals surface area contributed by atoms with Gasteiger partial charge >= 0.3 is 0 Å². The Bertz CT molecular complexity index is 1880. The topological polar surface area (TPSA) is 119 Å². The zero-order valence-electron chi connectivity index (χ0n) is 85.1. The van der Waals surface area contributed by atoms with Gasteiger partial charge in [0.05, 0.1) is 0 Å². The summed E-state index contributed by atoms with van der Waals surface area (Å²) in [7, 11) is 0. The van der Waals surface area contributed by atoms with Gasteiger partial charge in [-0.25, -0.2) is 0 Å². The quantitative estimate of drug-likeness (QED) is 0.0439. The van der Waals surface area contributed by atoms with E-state index in [4.69, 9.17) is 0 Å². The van der Waals surface area contributed by atoms with Gasteiger partial charge in [-0.05, 0) is 44.9 Å². The third kappa shape index (κ3) is 161. The minimum Gasteiger partial charge on any atom is -0.358 e. The van der Waals surface area contributed by atoms with Crippen LogP contribution >= 0.6 is 0 Å². The van der Waals surface area contributed by atoms with Crippen molar-refractivity contribution in [3.8, 4) is 0 Å². The van der Waals surface area contributed by atoms with Gasteiger partial charge in [-0.2, -0.15) is 44.9 Å². The normalized spacial score (nSPS) is 9.95. The van der Waals surface area contributed by atoms with Crippen molar-refractivity contribution < 1.29 is 263 Å². The summed E-state index contributed by atoms with van der Waals surface area (Å²) in [5, 5.41) is 0. The molecular formula is C105H212O7Y7-14. The molecule has 0 unspecified atom stereocenters. The van der Waals surface area contributed by atoms with Crippen molar-refractivity contribution in [3.63, 3.8) is 0 Å². The Kier molecular flexibility index (Phi) is 204. The summed E-state index contributed by atoms with van der Waals surface area (Å²) >= 11 is 0. The average molecular weight is 2210 g/mol. The van der Waals surface area contributed by atoms with E-state index in [-0.39, 0.29) is 328 Å². The molecule has 0 rings (SSSR count). The van der Waals surface area contributed by atoms with Gasteiger partial charge in [-0.1, -0.05) is 370 Å². The molecule has 0 spiro atoms. The first-order chi connectivity index (χ1) is 49.0. The van der Waals surface area contributed by atoms with Gasteiger partial charge in [0.1, 0.15) is 40.5 Å². The van der Waals surface area contributed by atoms with Crippen LogP contribution in [0.2, 0.25) is 0 Å². The summed E-state index contributed by atoms with van der Waals surface area (Å²) in [5.74, 6) is 3.51. The second-order valence-electron chi connectivity index (χ2n) is 35.3. The van der Waals surface area contributed by atoms with Crippen molar-refractivity contribution in [1.29, 1.82) is 0 Å². The molecule has 0 bridgehead atoms. The van der Waals surface area contributed by atoms with Crippen LogP contribution in [0.4, 0.5) is 0 Å². The van der Waals surface area contributed by atoms with Crippen molar-refractivity contribution in [2.75, 3.05) is 0 Å². The Labute approximate surface area is 934 Å². The number of unbranched alkanes of at least 4 members (excludes halogenated alkanes) is 44. The minimum atomic E-state index is -0.152. The maximum absolute atomic E-state index is 11.8. The molecule has 0 aliphatic rings. The monoisotopic (exact) mass is 2210 g/mol. The van der Waals surface area contributed by atoms with E-state index in [0.29, 0.717) is 40.5 Å². The maximum atomic E-state index is 11.8. The summed E-state index contributed by atoms with van der Waals surface area (Å²) in [4.78, 5) is 80.0. The number of hydrogen-bond donors (Lipinski definition) is 0. The fourth-order valence-corrected chi connectivity index (χ4v) is 10.9. The summed E-state index contributed by atoms with van der Waals surface area (Å²) < 4.78 is 0. The molecule has 119 heavy (non-hydrogen) atoms. The molecule has 0 heterocycles. The molecule has 0 saturated carbocycles. The molecule has 0 aromatic carbocycles. The third-order valence-electron chi connectivity index (χ3n) is 19.2. The van der Waals surface area contributed by atoms with Crippen LogP contribution in [0.3, 0.4) is 0 Å². The van der Waals surface area contributed by atoms with Crippen LogP contribution in [0, 0.1) is 140 Å². The molecule has 0 aliphatic heterocycles. The van der Waals surface area contributed by atoms with E-state index in [1.807, 2.05) is 125 Å². The number of rotatable bonds is 61. The van der Waals surface area contributed by atoms with E-state index in [2.05, 4.69) is 48.5 Å². The first kappa shape index (κ1) is 181. The zero-order valence-corrected chi connectivity index (χ0v) is 105. The van der Waals surface area contributed by atoms with Crippen LogP contribution in [0.5, 0.6) is 0 Å². The van der Waals surface area contributed by atoms with Crippen LogP contribution in [0.1, 0.15) is 504 Å². The van der Waals surface area contributed by atoms with Gasteiger partial charge in [0.15, 0.2) is 0 Å². The summed E-state index contributed by atoms with van der Waals surface area (Å²) in [6, 6.07) is 0. The summed E-state index contributed by atoms with van der Waals surface area (Å²) in [6.45, 7) is 62.6. The smallest absolute Gasteiger partial charge is 0.138 e. The Hall–Kier alpha value is 5.42. The van der Waals surface area contributed by atoms with Crippen molar-refractivity contribution in [1.82, 2.24) is 0 Å². The third-order valence-corrected chi connectivity index (χ3v) is 19.2. The minimum absolute atomic E-state index is 0. The van der Waals surface area contributed by atoms with Crippen LogP contribution in [0.25, 0.3) is 0 Å². The van der Waals surface area contributed by atoms with Gasteiger partial charge in [0.2, 0.25) is 0 Å². The Morgan fingerprint density at radius 2 is 0.261 bits per heavy atom. The molecule has 0 aliphatic carbocycles. The van der Waals surface area contributed by atoms with Crippen molar-refractivity contribution in [2.45, 2.75) is 504 Å². The second-order valence-corrected chi connectivity index (χ2v) is 35.3. The standard InChI is InChI=1S/C20H39O.2C15H29O.C14H27O.C12H23O.C11H21O.C10H19O.CH4.7CH3.7Y/c1-5-6-7-8-9-10-11-12-13-14-15-16-17-18-19(21)20(2,3)4;1-5-6-7-8-9-10-11-12-13-14(16)15(2,3)4;1-4-5-6-7-8-9-10-11-12-13-15(16)14(2)3;1-5-6-7-8-9-10-11-12-13(15)14(2,3)4;1-4-5-6-7-8-9-10-12(13)11(2)3;1-4-5-6-7-8-9-11(12)10(2)3;1-5-6-7-8-9(11)10(2,3)4;;;;;;;;;;;;;;;/h1,5-18H2,2-4H3;1,5-13H2,2-4H3;14H,1,4-13H2,2-3H3;1,5-12H2,2-4H3;11H,1,4-10H2,2-3H3;10H,1,4-9H2,2-3H3;1,5-8H2,2-4H3;1H4;7*1H3;;;;;;;/q7*-1;;7*-1;;;;;;;. The fraction of sp³-hybridized carbons (Fsp3) is 0.800. The fourth-order valence-electron chi connectivity index (χ4n) is 10.9. The van der Waals surface area contributed by atoms with Gasteiger partial charge in [-0.15, -0.1) is 0 Å². The first-order valence-corrected chi connectivity index (χ1v) is 44.2. The Morgan fingerprint density at radius 1 is 0.176 bits per heavy atom. The van der Waals surface area contributed by atoms with E-state index in [1.165, 1.54) is 231 Å². The molecule has 0 saturated heterocycles. The number of hydrogen-bond acceptors (Lipinski definition) is 7. The number of carbonyl (C=O) groups excluding carboxylic acids is 7. The zero-order chi connectivity index (χ0) is 80.8. The summed E-state index contributed by atoms with van der Waals surface area (Å²) in [6.07, 6.45) is 68.1. The molecular weight excluding hydrogens is 2000 g/mol. The number of carbonyl (C=O) groups is 7. The molecule has 0 fully saturated rings. The predicted molar refractivity (Wildman–Crippen MR) is 514 cm³/mol. The van der Waals surface area contributed by atoms with Crippen LogP contribution in [-0.2, 0) is 263 Å². The molecule has 0 N–H and O–H groups in total. The van der Waals surface area contributed by atoms with Gasteiger partial charge in [0, 0.05) is 313 Å². The molecule has 709 valence electrons. The Balaban J connectivity index is -0.0000000455. The second kappa shape index (κ2) is 134. The molecule has 7 nitrogen and oxygen atoms in total. The molecule has 0 atom stereocenters. The Morgan fingerprint density at radius 3 is 0.361 bits per heavy atom. The number of ketones is 7. The molecule has 0 aromatic heterocycles. The van der Waals surface area contributed by atoms with Crippen LogP contribution in [-0.4, -0.2) is 40.5 Å². The van der Waals surface area contributed by atoms with E-state index in [0.717, 1.165) is 141 Å². The van der Waals surface area contributed by atoms with Gasteiger partial charge in [0.25, 0.3) is 0 Å². The predicted octanol–water partition coefficient (Wildman–Crippen LogP) is 35.3. The maximum Gasteiger partial charge on any atom is 0.138 e. The average Bonchev–Trinajstić information content (AvgIpc) is 0.936. The van der Waals surface area contributed by atoms with Crippen LogP contribution < -0.4 is 0 Å². The van der Waals surface area contributed by atoms with Crippen LogP contribution in [0.15, 0.2) is 0 Å². The van der Waals surface area contributed by atoms with E-state index < -0.39 is 0 Å². The van der Waals surface area contributed by atoms with Crippen molar-refractivity contribution >= 4 is 40.5 Å². The SMILES string of the molecule is C.[CH2-]CCCCC(=O)C(C)(C)C.[CH2-]CCCCCCC(=O)C(C)C.[CH2-]CCCCCCCC(=O)C(C)C.[CH2-]CCCCCCCCC(=O)C(C)(C)C.[CH2-]CCCCCCCCCC(=O)C(C)(C)C.[CH2-]CCCCCCCCCCC(=O)C(C)C.[CH2-]CCCCCCCCCCCCCCC(=O)C(C)(C)C.[CH3-].[CH3-].[CH3-].[CH3-].[CH3-].[CH3-].[CH3-].[Y].[Y].[Y].[Y].[Y].[Y].[Y]. The van der Waals surface area contributed by atoms with Gasteiger partial charge < -0.3 is 100 Å². The van der Waals surface area contributed by atoms with Gasteiger partial charge in [-0.3, -0.25) is 33.6 Å². The van der Waals surface area contributed by atoms with E-state index in [1.54, 1.807) is 0 Å². The van der Waals surface area contributed by atoms with Crippen molar-refractivity contribution in [3.05, 3.63) is 100 Å². The largest absolute Gasteiger partial charge is 0.358 e. The first-order valence-electron chi connectivity index (χ1n) is 44.2. The molecule has 0 aromatic rings. The molecule has 0 amide bonds. The van der Waals surface area contributed by atoms with E-state index >= 15 is 0 Å².